The van der Waals surface area contributed by atoms with E-state index in [-0.39, 0.29) is 10.6 Å². The second-order valence-electron chi connectivity index (χ2n) is 2.06. The van der Waals surface area contributed by atoms with Crippen molar-refractivity contribution in [2.24, 2.45) is 0 Å². The van der Waals surface area contributed by atoms with Crippen molar-refractivity contribution in [3.63, 3.8) is 0 Å². The summed E-state index contributed by atoms with van der Waals surface area (Å²) in [5.74, 6) is -1.64. The van der Waals surface area contributed by atoms with Gasteiger partial charge in [-0.3, -0.25) is 0 Å². The first-order chi connectivity index (χ1) is 5.54. The molecule has 0 saturated carbocycles. The van der Waals surface area contributed by atoms with Crippen LogP contribution < -0.4 is 0 Å². The summed E-state index contributed by atoms with van der Waals surface area (Å²) in [6.45, 7) is 0. The van der Waals surface area contributed by atoms with E-state index >= 15 is 0 Å². The molecule has 64 valence electrons. The first kappa shape index (κ1) is 9.35. The van der Waals surface area contributed by atoms with Gasteiger partial charge in [0, 0.05) is 4.47 Å². The monoisotopic (exact) mass is 250 g/mol. The zero-order valence-corrected chi connectivity index (χ0v) is 8.06. The lowest BCUT2D eigenvalue weighted by Gasteiger charge is -2.02. The van der Waals surface area contributed by atoms with E-state index in [9.17, 15) is 9.90 Å². The Morgan fingerprint density at radius 2 is 2.08 bits per heavy atom. The fourth-order valence-electron chi connectivity index (χ4n) is 0.745. The Balaban J connectivity index is 3.43. The van der Waals surface area contributed by atoms with Gasteiger partial charge >= 0.3 is 5.97 Å². The second kappa shape index (κ2) is 3.33. The zero-order chi connectivity index (χ0) is 9.30. The number of carboxylic acids is 1. The van der Waals surface area contributed by atoms with Crippen LogP contribution in [0.4, 0.5) is 0 Å². The van der Waals surface area contributed by atoms with Crippen LogP contribution in [0.3, 0.4) is 0 Å². The predicted molar refractivity (Wildman–Crippen MR) is 47.8 cm³/mol. The number of benzene rings is 1. The third-order valence-electron chi connectivity index (χ3n) is 1.29. The quantitative estimate of drug-likeness (QED) is 0.806. The summed E-state index contributed by atoms with van der Waals surface area (Å²) >= 11 is 8.48. The highest BCUT2D eigenvalue weighted by molar-refractivity contribution is 9.10. The van der Waals surface area contributed by atoms with Crippen molar-refractivity contribution in [1.82, 2.24) is 0 Å². The molecule has 1 aromatic carbocycles. The van der Waals surface area contributed by atoms with Gasteiger partial charge in [-0.15, -0.1) is 0 Å². The lowest BCUT2D eigenvalue weighted by Crippen LogP contribution is -1.98. The molecule has 0 aliphatic heterocycles. The van der Waals surface area contributed by atoms with Gasteiger partial charge in [0.15, 0.2) is 0 Å². The lowest BCUT2D eigenvalue weighted by molar-refractivity contribution is 0.0692. The first-order valence-corrected chi connectivity index (χ1v) is 4.11. The van der Waals surface area contributed by atoms with Crippen LogP contribution in [-0.4, -0.2) is 16.2 Å². The maximum Gasteiger partial charge on any atom is 0.340 e. The third kappa shape index (κ3) is 1.54. The normalized spacial score (nSPS) is 9.83. The predicted octanol–water partition coefficient (Wildman–Crippen LogP) is 2.51. The highest BCUT2D eigenvalue weighted by Crippen LogP contribution is 2.32. The summed E-state index contributed by atoms with van der Waals surface area (Å²) in [6, 6.07) is 2.87. The Labute approximate surface area is 81.7 Å². The van der Waals surface area contributed by atoms with Crippen LogP contribution in [0.1, 0.15) is 10.4 Å². The molecule has 0 radical (unpaired) electrons. The largest absolute Gasteiger partial charge is 0.505 e. The van der Waals surface area contributed by atoms with Crippen molar-refractivity contribution in [3.05, 3.63) is 27.2 Å². The van der Waals surface area contributed by atoms with Crippen LogP contribution in [0.15, 0.2) is 16.6 Å². The van der Waals surface area contributed by atoms with E-state index in [0.29, 0.717) is 4.47 Å². The maximum atomic E-state index is 10.5. The Morgan fingerprint density at radius 3 is 2.50 bits per heavy atom. The van der Waals surface area contributed by atoms with Crippen molar-refractivity contribution in [2.45, 2.75) is 0 Å². The number of hydrogen-bond donors (Lipinski definition) is 2. The van der Waals surface area contributed by atoms with E-state index in [0.717, 1.165) is 0 Å². The van der Waals surface area contributed by atoms with Crippen LogP contribution in [0.5, 0.6) is 5.75 Å². The Morgan fingerprint density at radius 1 is 1.50 bits per heavy atom. The smallest absolute Gasteiger partial charge is 0.340 e. The van der Waals surface area contributed by atoms with E-state index < -0.39 is 11.7 Å². The van der Waals surface area contributed by atoms with Gasteiger partial charge in [0.05, 0.1) is 5.02 Å². The number of aromatic hydroxyl groups is 1. The molecule has 0 saturated heterocycles. The number of aromatic carboxylic acids is 1. The molecule has 0 bridgehead atoms. The van der Waals surface area contributed by atoms with Crippen LogP contribution in [0.2, 0.25) is 5.02 Å². The summed E-state index contributed by atoms with van der Waals surface area (Å²) in [5, 5.41) is 17.9. The number of halogens is 2. The number of hydrogen-bond acceptors (Lipinski definition) is 2. The summed E-state index contributed by atoms with van der Waals surface area (Å²) < 4.78 is 0.303. The minimum absolute atomic E-state index is 0.0237. The number of rotatable bonds is 1. The van der Waals surface area contributed by atoms with Crippen molar-refractivity contribution in [2.75, 3.05) is 0 Å². The van der Waals surface area contributed by atoms with Gasteiger partial charge in [0.2, 0.25) is 0 Å². The number of carboxylic acid groups (broad SMARTS) is 1. The van der Waals surface area contributed by atoms with Crippen molar-refractivity contribution in [3.8, 4) is 5.75 Å². The molecule has 0 aliphatic carbocycles. The molecule has 0 amide bonds. The minimum Gasteiger partial charge on any atom is -0.505 e. The second-order valence-corrected chi connectivity index (χ2v) is 3.32. The van der Waals surface area contributed by atoms with Gasteiger partial charge in [-0.05, 0) is 28.1 Å². The molecule has 0 unspecified atom stereocenters. The van der Waals surface area contributed by atoms with E-state index in [1.807, 2.05) is 0 Å². The van der Waals surface area contributed by atoms with Crippen LogP contribution in [0.25, 0.3) is 0 Å². The average Bonchev–Trinajstić information content (AvgIpc) is 1.97. The topological polar surface area (TPSA) is 57.5 Å². The summed E-state index contributed by atoms with van der Waals surface area (Å²) in [4.78, 5) is 10.5. The van der Waals surface area contributed by atoms with Crippen LogP contribution in [0, 0.1) is 0 Å². The van der Waals surface area contributed by atoms with Crippen LogP contribution >= 0.6 is 27.5 Å². The molecule has 0 heterocycles. The Hall–Kier alpha value is -0.740. The van der Waals surface area contributed by atoms with Gasteiger partial charge < -0.3 is 10.2 Å². The lowest BCUT2D eigenvalue weighted by atomic mass is 10.2. The van der Waals surface area contributed by atoms with Gasteiger partial charge in [0.25, 0.3) is 0 Å². The molecule has 12 heavy (non-hydrogen) atoms. The maximum absolute atomic E-state index is 10.5. The molecule has 0 fully saturated rings. The van der Waals surface area contributed by atoms with Crippen molar-refractivity contribution >= 4 is 33.5 Å². The SMILES string of the molecule is O=C(O)c1c(Br)ccc(Cl)c1O. The molecule has 1 rings (SSSR count). The fraction of sp³-hybridized carbons (Fsp3) is 0. The van der Waals surface area contributed by atoms with Gasteiger partial charge in [-0.2, -0.15) is 0 Å². The number of phenols is 1. The number of carbonyl (C=O) groups is 1. The Kier molecular flexibility index (Phi) is 2.59. The zero-order valence-electron chi connectivity index (χ0n) is 5.71. The summed E-state index contributed by atoms with van der Waals surface area (Å²) in [7, 11) is 0. The van der Waals surface area contributed by atoms with E-state index in [4.69, 9.17) is 16.7 Å². The minimum atomic E-state index is -1.22. The summed E-state index contributed by atoms with van der Waals surface area (Å²) in [6.07, 6.45) is 0. The molecular weight excluding hydrogens is 247 g/mol. The highest BCUT2D eigenvalue weighted by atomic mass is 79.9. The van der Waals surface area contributed by atoms with Crippen molar-refractivity contribution in [1.29, 1.82) is 0 Å². The molecule has 0 aliphatic rings. The average molecular weight is 251 g/mol. The highest BCUT2D eigenvalue weighted by Gasteiger charge is 2.16. The molecule has 2 N–H and O–H groups in total. The van der Waals surface area contributed by atoms with Gasteiger partial charge in [-0.25, -0.2) is 4.79 Å². The van der Waals surface area contributed by atoms with Crippen molar-refractivity contribution < 1.29 is 15.0 Å². The fourth-order valence-corrected chi connectivity index (χ4v) is 1.39. The molecule has 0 atom stereocenters. The standard InChI is InChI=1S/C7H4BrClO3/c8-3-1-2-4(9)6(10)5(3)7(11)12/h1-2,10H,(H,11,12). The molecule has 3 nitrogen and oxygen atoms in total. The molecule has 1 aromatic rings. The summed E-state index contributed by atoms with van der Waals surface area (Å²) in [5.41, 5.74) is -0.220. The first-order valence-electron chi connectivity index (χ1n) is 2.94. The molecule has 0 aromatic heterocycles. The molecule has 0 spiro atoms. The third-order valence-corrected chi connectivity index (χ3v) is 2.26. The van der Waals surface area contributed by atoms with E-state index in [1.54, 1.807) is 0 Å². The Bertz CT molecular complexity index is 338. The van der Waals surface area contributed by atoms with Gasteiger partial charge in [-0.1, -0.05) is 11.6 Å². The van der Waals surface area contributed by atoms with Gasteiger partial charge in [0.1, 0.15) is 11.3 Å². The van der Waals surface area contributed by atoms with E-state index in [2.05, 4.69) is 15.9 Å². The molecule has 5 heteroatoms. The van der Waals surface area contributed by atoms with E-state index in [1.165, 1.54) is 12.1 Å². The molecular formula is C7H4BrClO3. The van der Waals surface area contributed by atoms with Crippen LogP contribution in [-0.2, 0) is 0 Å².